The lowest BCUT2D eigenvalue weighted by Gasteiger charge is -2.62. The molecule has 8 atom stereocenters. The van der Waals surface area contributed by atoms with Crippen LogP contribution >= 0.6 is 23.2 Å². The predicted octanol–water partition coefficient (Wildman–Crippen LogP) is 5.83. The number of pyridine rings is 1. The molecule has 0 bridgehead atoms. The van der Waals surface area contributed by atoms with Crippen molar-refractivity contribution < 1.29 is 9.59 Å². The van der Waals surface area contributed by atoms with Crippen LogP contribution < -0.4 is 5.32 Å². The fraction of sp³-hybridized carbons (Fsp3) is 0.654. The second kappa shape index (κ2) is 7.98. The van der Waals surface area contributed by atoms with Gasteiger partial charge in [-0.05, 0) is 73.3 Å². The largest absolute Gasteiger partial charge is 0.338 e. The van der Waals surface area contributed by atoms with Gasteiger partial charge in [0.1, 0.15) is 0 Å². The van der Waals surface area contributed by atoms with Gasteiger partial charge in [-0.2, -0.15) is 0 Å². The lowest BCUT2D eigenvalue weighted by atomic mass is 9.46. The maximum Gasteiger partial charge on any atom is 0.246 e. The normalized spacial score (nSPS) is 41.9. The second-order valence-corrected chi connectivity index (χ2v) is 12.2. The molecule has 0 saturated heterocycles. The molecule has 0 spiro atoms. The minimum atomic E-state index is -0.0519. The van der Waals surface area contributed by atoms with Gasteiger partial charge in [-0.3, -0.25) is 9.59 Å². The molecule has 2 heterocycles. The third-order valence-electron chi connectivity index (χ3n) is 9.77. The molecule has 5 rings (SSSR count). The number of amides is 2. The van der Waals surface area contributed by atoms with Gasteiger partial charge in [-0.1, -0.05) is 50.0 Å². The summed E-state index contributed by atoms with van der Waals surface area (Å²) in [5.74, 6) is 2.53. The Labute approximate surface area is 206 Å². The first-order valence-corrected chi connectivity index (χ1v) is 12.9. The van der Waals surface area contributed by atoms with Gasteiger partial charge in [0.05, 0.1) is 10.0 Å². The van der Waals surface area contributed by atoms with Crippen molar-refractivity contribution >= 4 is 40.8 Å². The molecule has 1 aliphatic heterocycles. The maximum atomic E-state index is 13.4. The highest BCUT2D eigenvalue weighted by Crippen LogP contribution is 2.66. The summed E-state index contributed by atoms with van der Waals surface area (Å²) < 4.78 is 0. The molecule has 5 nitrogen and oxygen atoms in total. The molecular formula is C26H33Cl2N3O2. The third-order valence-corrected chi connectivity index (χ3v) is 10.3. The van der Waals surface area contributed by atoms with Crippen LogP contribution in [0.25, 0.3) is 0 Å². The number of hydrogen-bond donors (Lipinski definition) is 1. The smallest absolute Gasteiger partial charge is 0.246 e. The summed E-state index contributed by atoms with van der Waals surface area (Å²) >= 11 is 12.2. The highest BCUT2D eigenvalue weighted by Gasteiger charge is 2.62. The van der Waals surface area contributed by atoms with E-state index >= 15 is 0 Å². The number of halogens is 2. The summed E-state index contributed by atoms with van der Waals surface area (Å²) in [5.41, 5.74) is -0.0411. The fourth-order valence-electron chi connectivity index (χ4n) is 8.45. The Kier molecular flexibility index (Phi) is 5.60. The lowest BCUT2D eigenvalue weighted by molar-refractivity contribution is -0.147. The molecule has 0 aromatic carbocycles. The van der Waals surface area contributed by atoms with Crippen LogP contribution in [0.4, 0.5) is 5.82 Å². The van der Waals surface area contributed by atoms with Crippen molar-refractivity contribution in [1.29, 1.82) is 0 Å². The molecule has 2 amide bonds. The number of nitrogens with zero attached hydrogens (tertiary/aromatic N) is 2. The molecule has 7 heteroatoms. The van der Waals surface area contributed by atoms with E-state index in [-0.39, 0.29) is 34.6 Å². The van der Waals surface area contributed by atoms with Crippen LogP contribution in [0.2, 0.25) is 10.0 Å². The topological polar surface area (TPSA) is 62.3 Å². The van der Waals surface area contributed by atoms with E-state index in [1.54, 1.807) is 12.1 Å². The highest BCUT2D eigenvalue weighted by atomic mass is 35.5. The van der Waals surface area contributed by atoms with Crippen molar-refractivity contribution in [3.63, 3.8) is 0 Å². The Morgan fingerprint density at radius 1 is 1.21 bits per heavy atom. The number of rotatable bonds is 2. The molecular weight excluding hydrogens is 457 g/mol. The molecule has 33 heavy (non-hydrogen) atoms. The minimum absolute atomic E-state index is 0.00653. The zero-order chi connectivity index (χ0) is 23.7. The number of nitrogens with one attached hydrogen (secondary N) is 1. The van der Waals surface area contributed by atoms with Crippen molar-refractivity contribution in [3.8, 4) is 0 Å². The quantitative estimate of drug-likeness (QED) is 0.568. The monoisotopic (exact) mass is 489 g/mol. The predicted molar refractivity (Wildman–Crippen MR) is 131 cm³/mol. The van der Waals surface area contributed by atoms with Crippen LogP contribution in [-0.4, -0.2) is 34.8 Å². The number of carbonyl (C=O) groups is 2. The number of likely N-dealkylation sites (N-methyl/N-ethyl adjacent to an activating group) is 1. The molecule has 3 saturated carbocycles. The summed E-state index contributed by atoms with van der Waals surface area (Å²) in [4.78, 5) is 32.0. The lowest BCUT2D eigenvalue weighted by Crippen LogP contribution is -2.62. The van der Waals surface area contributed by atoms with Gasteiger partial charge >= 0.3 is 0 Å². The first kappa shape index (κ1) is 23.2. The van der Waals surface area contributed by atoms with Gasteiger partial charge < -0.3 is 10.2 Å². The van der Waals surface area contributed by atoms with Crippen LogP contribution in [0.1, 0.15) is 52.9 Å². The van der Waals surface area contributed by atoms with E-state index in [9.17, 15) is 9.59 Å². The van der Waals surface area contributed by atoms with E-state index in [1.165, 1.54) is 6.20 Å². The molecule has 3 fully saturated rings. The van der Waals surface area contributed by atoms with Crippen LogP contribution in [0.5, 0.6) is 0 Å². The highest BCUT2D eigenvalue weighted by molar-refractivity contribution is 6.36. The number of anilines is 1. The van der Waals surface area contributed by atoms with E-state index in [0.29, 0.717) is 39.5 Å². The average molecular weight is 490 g/mol. The van der Waals surface area contributed by atoms with Gasteiger partial charge in [0.15, 0.2) is 5.82 Å². The van der Waals surface area contributed by atoms with Crippen molar-refractivity contribution in [2.24, 2.45) is 40.4 Å². The fourth-order valence-corrected chi connectivity index (χ4v) is 8.87. The van der Waals surface area contributed by atoms with Crippen molar-refractivity contribution in [1.82, 2.24) is 9.88 Å². The van der Waals surface area contributed by atoms with Gasteiger partial charge in [-0.15, -0.1) is 0 Å². The first-order valence-electron chi connectivity index (χ1n) is 12.1. The molecule has 4 aliphatic rings. The molecule has 3 unspecified atom stereocenters. The molecule has 178 valence electrons. The zero-order valence-electron chi connectivity index (χ0n) is 19.8. The summed E-state index contributed by atoms with van der Waals surface area (Å²) in [7, 11) is 1.96. The Bertz CT molecular complexity index is 1030. The van der Waals surface area contributed by atoms with Crippen LogP contribution in [0, 0.1) is 40.4 Å². The maximum absolute atomic E-state index is 13.4. The van der Waals surface area contributed by atoms with Crippen LogP contribution in [-0.2, 0) is 9.59 Å². The van der Waals surface area contributed by atoms with Crippen molar-refractivity contribution in [3.05, 3.63) is 34.5 Å². The summed E-state index contributed by atoms with van der Waals surface area (Å²) in [6, 6.07) is 1.86. The number of aromatic nitrogens is 1. The molecule has 1 aromatic heterocycles. The summed E-state index contributed by atoms with van der Waals surface area (Å²) in [5, 5.41) is 3.80. The van der Waals surface area contributed by atoms with Gasteiger partial charge in [0.2, 0.25) is 11.8 Å². The Hall–Kier alpha value is -1.59. The molecule has 1 aromatic rings. The molecule has 1 N–H and O–H groups in total. The van der Waals surface area contributed by atoms with E-state index in [2.05, 4.69) is 37.1 Å². The van der Waals surface area contributed by atoms with Crippen molar-refractivity contribution in [2.45, 2.75) is 58.9 Å². The average Bonchev–Trinajstić information content (AvgIpc) is 3.10. The van der Waals surface area contributed by atoms with Gasteiger partial charge in [0, 0.05) is 30.6 Å². The van der Waals surface area contributed by atoms with Gasteiger partial charge in [0.25, 0.3) is 0 Å². The Morgan fingerprint density at radius 2 is 1.97 bits per heavy atom. The van der Waals surface area contributed by atoms with E-state index in [4.69, 9.17) is 23.2 Å². The molecule has 0 radical (unpaired) electrons. The molecule has 3 aliphatic carbocycles. The van der Waals surface area contributed by atoms with E-state index < -0.39 is 0 Å². The second-order valence-electron chi connectivity index (χ2n) is 11.3. The SMILES string of the molecule is CC1C[C@@H]2[C@@H](CC[C@]3(C)C(C(=O)Nc4ncc(Cl)cc4Cl)CC[C@@H]23)[C@@]2(C)C=CC(=O)N(C)C12. The van der Waals surface area contributed by atoms with E-state index in [0.717, 1.165) is 32.1 Å². The zero-order valence-corrected chi connectivity index (χ0v) is 21.3. The van der Waals surface area contributed by atoms with Gasteiger partial charge in [-0.25, -0.2) is 4.98 Å². The summed E-state index contributed by atoms with van der Waals surface area (Å²) in [6.07, 6.45) is 10.7. The van der Waals surface area contributed by atoms with Crippen molar-refractivity contribution in [2.75, 3.05) is 12.4 Å². The third kappa shape index (κ3) is 3.44. The van der Waals surface area contributed by atoms with E-state index in [1.807, 2.05) is 11.9 Å². The number of fused-ring (bicyclic) bond motifs is 5. The standard InChI is InChI=1S/C26H33Cl2N3O2/c1-14-11-16-17-5-6-19(24(33)30-23-20(28)12-15(27)13-29-23)25(17,2)9-7-18(16)26(3)10-8-21(32)31(4)22(14)26/h8,10,12-14,16-19,22H,5-7,9,11H2,1-4H3,(H,29,30,33)/t14?,16-,17-,18+,19?,22?,25-,26+/m0/s1. The first-order chi connectivity index (χ1) is 15.6. The summed E-state index contributed by atoms with van der Waals surface area (Å²) in [6.45, 7) is 7.00. The Morgan fingerprint density at radius 3 is 2.70 bits per heavy atom. The minimum Gasteiger partial charge on any atom is -0.338 e. The number of carbonyl (C=O) groups excluding carboxylic acids is 2. The number of hydrogen-bond acceptors (Lipinski definition) is 3. The van der Waals surface area contributed by atoms with Crippen LogP contribution in [0.3, 0.4) is 0 Å². The van der Waals surface area contributed by atoms with Crippen LogP contribution in [0.15, 0.2) is 24.4 Å². The Balaban J connectivity index is 1.40.